The minimum Gasteiger partial charge on any atom is -0.306 e. The Morgan fingerprint density at radius 3 is 2.32 bits per heavy atom. The summed E-state index contributed by atoms with van der Waals surface area (Å²) < 4.78 is 38.6. The highest BCUT2D eigenvalue weighted by Crippen LogP contribution is 2.28. The first-order valence-corrected chi connectivity index (χ1v) is 7.25. The van der Waals surface area contributed by atoms with E-state index in [-0.39, 0.29) is 11.3 Å². The van der Waals surface area contributed by atoms with Crippen molar-refractivity contribution in [3.05, 3.63) is 50.5 Å². The van der Waals surface area contributed by atoms with Gasteiger partial charge in [-0.15, -0.1) is 0 Å². The molecule has 0 aliphatic rings. The lowest BCUT2D eigenvalue weighted by molar-refractivity contribution is -0.141. The number of rotatable bonds is 2. The van der Waals surface area contributed by atoms with Crippen molar-refractivity contribution in [3.8, 4) is 0 Å². The number of carbonyl (C=O) groups is 1. The minimum absolute atomic E-state index is 0.00885. The van der Waals surface area contributed by atoms with E-state index in [4.69, 9.17) is 0 Å². The predicted molar refractivity (Wildman–Crippen MR) is 83.6 cm³/mol. The fourth-order valence-electron chi connectivity index (χ4n) is 1.76. The Labute approximate surface area is 138 Å². The van der Waals surface area contributed by atoms with Crippen molar-refractivity contribution in [1.29, 1.82) is 0 Å². The molecule has 0 atom stereocenters. The highest BCUT2D eigenvalue weighted by atomic mass is 127. The standard InChI is InChI=1S/C14H11F3IN3O/c1-7-9(3-5-11(19-7)14(15,16)17)13(22)21-12-6-4-10(18)8(2)20-12/h3-6H,1-2H3,(H,20,21,22). The molecule has 2 heterocycles. The van der Waals surface area contributed by atoms with Gasteiger partial charge in [0.25, 0.3) is 5.91 Å². The van der Waals surface area contributed by atoms with Crippen LogP contribution in [0, 0.1) is 17.4 Å². The van der Waals surface area contributed by atoms with Crippen LogP contribution in [-0.4, -0.2) is 15.9 Å². The summed E-state index contributed by atoms with van der Waals surface area (Å²) in [7, 11) is 0. The Balaban J connectivity index is 2.24. The number of hydrogen-bond acceptors (Lipinski definition) is 3. The summed E-state index contributed by atoms with van der Waals surface area (Å²) in [6, 6.07) is 5.31. The number of aromatic nitrogens is 2. The molecule has 4 nitrogen and oxygen atoms in total. The summed E-state index contributed by atoms with van der Waals surface area (Å²) >= 11 is 2.11. The van der Waals surface area contributed by atoms with Gasteiger partial charge in [0.05, 0.1) is 17.0 Å². The van der Waals surface area contributed by atoms with E-state index in [0.29, 0.717) is 5.82 Å². The number of pyridine rings is 2. The largest absolute Gasteiger partial charge is 0.433 e. The molecule has 0 saturated carbocycles. The molecule has 0 bridgehead atoms. The van der Waals surface area contributed by atoms with Gasteiger partial charge < -0.3 is 5.32 Å². The molecule has 2 aromatic rings. The average Bonchev–Trinajstić information content (AvgIpc) is 2.41. The summed E-state index contributed by atoms with van der Waals surface area (Å²) in [6.45, 7) is 3.15. The molecule has 0 saturated heterocycles. The number of nitrogens with zero attached hydrogens (tertiary/aromatic N) is 2. The lowest BCUT2D eigenvalue weighted by atomic mass is 10.1. The summed E-state index contributed by atoms with van der Waals surface area (Å²) in [6.07, 6.45) is -4.53. The van der Waals surface area contributed by atoms with Crippen molar-refractivity contribution in [1.82, 2.24) is 9.97 Å². The van der Waals surface area contributed by atoms with Crippen LogP contribution in [0.5, 0.6) is 0 Å². The zero-order chi connectivity index (χ0) is 16.5. The van der Waals surface area contributed by atoms with Gasteiger partial charge in [-0.2, -0.15) is 13.2 Å². The maximum absolute atomic E-state index is 12.6. The number of halogens is 4. The molecule has 0 fully saturated rings. The van der Waals surface area contributed by atoms with Crippen molar-refractivity contribution < 1.29 is 18.0 Å². The Morgan fingerprint density at radius 2 is 1.77 bits per heavy atom. The SMILES string of the molecule is Cc1nc(NC(=O)c2ccc(C(F)(F)F)nc2C)ccc1I. The van der Waals surface area contributed by atoms with Gasteiger partial charge in [-0.25, -0.2) is 9.97 Å². The van der Waals surface area contributed by atoms with E-state index in [1.807, 2.05) is 0 Å². The van der Waals surface area contributed by atoms with Gasteiger partial charge in [0, 0.05) is 3.57 Å². The molecule has 1 amide bonds. The van der Waals surface area contributed by atoms with E-state index < -0.39 is 17.8 Å². The summed E-state index contributed by atoms with van der Waals surface area (Å²) in [5.41, 5.74) is -0.189. The summed E-state index contributed by atoms with van der Waals surface area (Å²) in [5.74, 6) is -0.214. The number of anilines is 1. The fraction of sp³-hybridized carbons (Fsp3) is 0.214. The molecule has 8 heteroatoms. The smallest absolute Gasteiger partial charge is 0.306 e. The van der Waals surface area contributed by atoms with Crippen LogP contribution in [-0.2, 0) is 6.18 Å². The van der Waals surface area contributed by atoms with Crippen molar-refractivity contribution in [2.75, 3.05) is 5.32 Å². The Morgan fingerprint density at radius 1 is 1.09 bits per heavy atom. The zero-order valence-electron chi connectivity index (χ0n) is 11.6. The molecule has 2 aromatic heterocycles. The molecule has 0 aliphatic heterocycles. The number of aryl methyl sites for hydroxylation is 2. The van der Waals surface area contributed by atoms with E-state index in [0.717, 1.165) is 21.4 Å². The van der Waals surface area contributed by atoms with Crippen LogP contribution in [0.1, 0.15) is 27.4 Å². The zero-order valence-corrected chi connectivity index (χ0v) is 13.8. The quantitative estimate of drug-likeness (QED) is 0.747. The van der Waals surface area contributed by atoms with Crippen LogP contribution in [0.2, 0.25) is 0 Å². The maximum Gasteiger partial charge on any atom is 0.433 e. The first-order valence-electron chi connectivity index (χ1n) is 6.18. The molecule has 22 heavy (non-hydrogen) atoms. The third kappa shape index (κ3) is 3.73. The first-order chi connectivity index (χ1) is 10.2. The van der Waals surface area contributed by atoms with Crippen LogP contribution in [0.25, 0.3) is 0 Å². The second-order valence-electron chi connectivity index (χ2n) is 4.55. The number of carbonyl (C=O) groups excluding carboxylic acids is 1. The van der Waals surface area contributed by atoms with Crippen LogP contribution in [0.3, 0.4) is 0 Å². The van der Waals surface area contributed by atoms with Crippen LogP contribution < -0.4 is 5.32 Å². The lowest BCUT2D eigenvalue weighted by Crippen LogP contribution is -2.17. The van der Waals surface area contributed by atoms with E-state index >= 15 is 0 Å². The van der Waals surface area contributed by atoms with Gasteiger partial charge in [0.2, 0.25) is 0 Å². The molecule has 0 unspecified atom stereocenters. The molecule has 0 radical (unpaired) electrons. The van der Waals surface area contributed by atoms with Crippen molar-refractivity contribution in [3.63, 3.8) is 0 Å². The number of alkyl halides is 3. The maximum atomic E-state index is 12.6. The molecule has 2 rings (SSSR count). The first kappa shape index (κ1) is 16.7. The summed E-state index contributed by atoms with van der Waals surface area (Å²) in [5, 5.41) is 2.55. The van der Waals surface area contributed by atoms with E-state index in [1.165, 1.54) is 6.92 Å². The topological polar surface area (TPSA) is 54.9 Å². The Bertz CT molecular complexity index is 732. The van der Waals surface area contributed by atoms with Crippen molar-refractivity contribution >= 4 is 34.3 Å². The molecule has 0 aliphatic carbocycles. The molecule has 0 spiro atoms. The monoisotopic (exact) mass is 421 g/mol. The van der Waals surface area contributed by atoms with E-state index in [9.17, 15) is 18.0 Å². The molecule has 0 aromatic carbocycles. The third-order valence-corrected chi connectivity index (χ3v) is 4.02. The Hall–Kier alpha value is -1.71. The van der Waals surface area contributed by atoms with Gasteiger partial charge in [-0.1, -0.05) is 0 Å². The van der Waals surface area contributed by atoms with E-state index in [1.54, 1.807) is 19.1 Å². The average molecular weight is 421 g/mol. The highest BCUT2D eigenvalue weighted by molar-refractivity contribution is 14.1. The second kappa shape index (κ2) is 6.19. The highest BCUT2D eigenvalue weighted by Gasteiger charge is 2.33. The molecule has 116 valence electrons. The van der Waals surface area contributed by atoms with Gasteiger partial charge >= 0.3 is 6.18 Å². The van der Waals surface area contributed by atoms with Crippen LogP contribution >= 0.6 is 22.6 Å². The van der Waals surface area contributed by atoms with E-state index in [2.05, 4.69) is 37.9 Å². The van der Waals surface area contributed by atoms with Gasteiger partial charge in [0.15, 0.2) is 0 Å². The lowest BCUT2D eigenvalue weighted by Gasteiger charge is -2.10. The van der Waals surface area contributed by atoms with Gasteiger partial charge in [-0.3, -0.25) is 4.79 Å². The van der Waals surface area contributed by atoms with Crippen LogP contribution in [0.15, 0.2) is 24.3 Å². The van der Waals surface area contributed by atoms with Gasteiger partial charge in [-0.05, 0) is 60.7 Å². The predicted octanol–water partition coefficient (Wildman–Crippen LogP) is 3.97. The molecule has 1 N–H and O–H groups in total. The normalized spacial score (nSPS) is 11.4. The van der Waals surface area contributed by atoms with Gasteiger partial charge in [0.1, 0.15) is 11.5 Å². The van der Waals surface area contributed by atoms with Crippen molar-refractivity contribution in [2.45, 2.75) is 20.0 Å². The number of amides is 1. The fourth-order valence-corrected chi connectivity index (χ4v) is 2.06. The third-order valence-electron chi connectivity index (χ3n) is 2.88. The second-order valence-corrected chi connectivity index (χ2v) is 5.71. The van der Waals surface area contributed by atoms with Crippen molar-refractivity contribution in [2.24, 2.45) is 0 Å². The molecular weight excluding hydrogens is 410 g/mol. The minimum atomic E-state index is -4.53. The number of nitrogens with one attached hydrogen (secondary N) is 1. The summed E-state index contributed by atoms with van der Waals surface area (Å²) in [4.78, 5) is 19.7. The molecular formula is C14H11F3IN3O. The van der Waals surface area contributed by atoms with Crippen LogP contribution in [0.4, 0.5) is 19.0 Å². The number of hydrogen-bond donors (Lipinski definition) is 1. The Kier molecular flexibility index (Phi) is 4.69.